The van der Waals surface area contributed by atoms with E-state index in [-0.39, 0.29) is 5.56 Å². The van der Waals surface area contributed by atoms with Crippen LogP contribution in [0.25, 0.3) is 10.9 Å². The summed E-state index contributed by atoms with van der Waals surface area (Å²) >= 11 is 0. The number of hydrogen-bond acceptors (Lipinski definition) is 4. The predicted molar refractivity (Wildman–Crippen MR) is 73.5 cm³/mol. The molecule has 0 saturated heterocycles. The first-order valence-electron chi connectivity index (χ1n) is 5.96. The van der Waals surface area contributed by atoms with Gasteiger partial charge in [-0.15, -0.1) is 0 Å². The standard InChI is InChI=1S/C14H16N2O3/c1-14(2,19)8-15-12-7-6-9-10(13(17)18)4-3-5-11(9)16-12/h3-7,19H,8H2,1-2H3,(H,15,16)(H,17,18). The van der Waals surface area contributed by atoms with Gasteiger partial charge in [-0.3, -0.25) is 0 Å². The van der Waals surface area contributed by atoms with Crippen LogP contribution >= 0.6 is 0 Å². The molecule has 2 rings (SSSR count). The van der Waals surface area contributed by atoms with Gasteiger partial charge in [-0.05, 0) is 38.1 Å². The molecule has 100 valence electrons. The van der Waals surface area contributed by atoms with E-state index in [9.17, 15) is 9.90 Å². The molecule has 0 saturated carbocycles. The molecule has 5 heteroatoms. The van der Waals surface area contributed by atoms with Crippen molar-refractivity contribution in [1.82, 2.24) is 4.98 Å². The van der Waals surface area contributed by atoms with Crippen LogP contribution in [0.15, 0.2) is 30.3 Å². The minimum atomic E-state index is -0.968. The van der Waals surface area contributed by atoms with Gasteiger partial charge in [-0.2, -0.15) is 0 Å². The fraction of sp³-hybridized carbons (Fsp3) is 0.286. The second-order valence-corrected chi connectivity index (χ2v) is 5.04. The Hall–Kier alpha value is -2.14. The number of aromatic nitrogens is 1. The maximum absolute atomic E-state index is 11.1. The van der Waals surface area contributed by atoms with Crippen molar-refractivity contribution < 1.29 is 15.0 Å². The molecule has 5 nitrogen and oxygen atoms in total. The molecule has 0 aliphatic heterocycles. The lowest BCUT2D eigenvalue weighted by Crippen LogP contribution is -2.29. The summed E-state index contributed by atoms with van der Waals surface area (Å²) in [6, 6.07) is 8.41. The highest BCUT2D eigenvalue weighted by Gasteiger charge is 2.13. The molecular formula is C14H16N2O3. The average molecular weight is 260 g/mol. The normalized spacial score (nSPS) is 11.5. The van der Waals surface area contributed by atoms with Crippen LogP contribution in [-0.4, -0.2) is 33.3 Å². The fourth-order valence-corrected chi connectivity index (χ4v) is 1.75. The van der Waals surface area contributed by atoms with Crippen LogP contribution in [0.3, 0.4) is 0 Å². The summed E-state index contributed by atoms with van der Waals surface area (Å²) in [5, 5.41) is 22.3. The van der Waals surface area contributed by atoms with Crippen molar-refractivity contribution in [3.05, 3.63) is 35.9 Å². The summed E-state index contributed by atoms with van der Waals surface area (Å²) in [5.74, 6) is -0.359. The number of benzene rings is 1. The molecule has 0 bridgehead atoms. The minimum absolute atomic E-state index is 0.235. The summed E-state index contributed by atoms with van der Waals surface area (Å²) < 4.78 is 0. The third kappa shape index (κ3) is 3.20. The molecule has 0 fully saturated rings. The molecule has 0 aliphatic rings. The van der Waals surface area contributed by atoms with Crippen LogP contribution in [0.2, 0.25) is 0 Å². The molecule has 1 heterocycles. The van der Waals surface area contributed by atoms with E-state index in [4.69, 9.17) is 5.11 Å². The third-order valence-electron chi connectivity index (χ3n) is 2.66. The predicted octanol–water partition coefficient (Wildman–Crippen LogP) is 2.12. The van der Waals surface area contributed by atoms with Crippen LogP contribution in [0, 0.1) is 0 Å². The number of aliphatic hydroxyl groups is 1. The second kappa shape index (κ2) is 4.85. The largest absolute Gasteiger partial charge is 0.478 e. The van der Waals surface area contributed by atoms with Gasteiger partial charge < -0.3 is 15.5 Å². The zero-order valence-corrected chi connectivity index (χ0v) is 10.8. The van der Waals surface area contributed by atoms with E-state index in [1.165, 1.54) is 0 Å². The van der Waals surface area contributed by atoms with E-state index in [0.29, 0.717) is 23.3 Å². The third-order valence-corrected chi connectivity index (χ3v) is 2.66. The topological polar surface area (TPSA) is 82.5 Å². The summed E-state index contributed by atoms with van der Waals surface area (Å²) in [6.45, 7) is 3.76. The molecule has 2 aromatic rings. The van der Waals surface area contributed by atoms with Crippen LogP contribution in [-0.2, 0) is 0 Å². The van der Waals surface area contributed by atoms with E-state index >= 15 is 0 Å². The maximum Gasteiger partial charge on any atom is 0.336 e. The summed E-state index contributed by atoms with van der Waals surface area (Å²) in [7, 11) is 0. The quantitative estimate of drug-likeness (QED) is 0.784. The summed E-state index contributed by atoms with van der Waals surface area (Å²) in [6.07, 6.45) is 0. The Morgan fingerprint density at radius 3 is 2.68 bits per heavy atom. The van der Waals surface area contributed by atoms with E-state index in [1.54, 1.807) is 44.2 Å². The van der Waals surface area contributed by atoms with Crippen LogP contribution in [0.1, 0.15) is 24.2 Å². The SMILES string of the molecule is CC(C)(O)CNc1ccc2c(C(=O)O)cccc2n1. The Morgan fingerprint density at radius 2 is 2.05 bits per heavy atom. The number of fused-ring (bicyclic) bond motifs is 1. The zero-order chi connectivity index (χ0) is 14.0. The Balaban J connectivity index is 2.34. The summed E-state index contributed by atoms with van der Waals surface area (Å²) in [5.41, 5.74) is 0.0131. The molecule has 0 atom stereocenters. The van der Waals surface area contributed by atoms with E-state index in [1.807, 2.05) is 0 Å². The molecule has 0 aliphatic carbocycles. The number of pyridine rings is 1. The van der Waals surface area contributed by atoms with Gasteiger partial charge in [-0.1, -0.05) is 6.07 Å². The molecule has 0 unspecified atom stereocenters. The van der Waals surface area contributed by atoms with Gasteiger partial charge in [0, 0.05) is 11.9 Å². The summed E-state index contributed by atoms with van der Waals surface area (Å²) in [4.78, 5) is 15.4. The molecule has 0 spiro atoms. The number of carboxylic acids is 1. The van der Waals surface area contributed by atoms with Crippen molar-refractivity contribution in [1.29, 1.82) is 0 Å². The Labute approximate surface area is 110 Å². The van der Waals surface area contributed by atoms with Gasteiger partial charge in [-0.25, -0.2) is 9.78 Å². The van der Waals surface area contributed by atoms with Gasteiger partial charge in [0.1, 0.15) is 5.82 Å². The molecule has 1 aromatic carbocycles. The van der Waals surface area contributed by atoms with Gasteiger partial charge >= 0.3 is 5.97 Å². The number of rotatable bonds is 4. The molecule has 1 aromatic heterocycles. The van der Waals surface area contributed by atoms with Crippen molar-refractivity contribution in [3.8, 4) is 0 Å². The van der Waals surface area contributed by atoms with Crippen molar-refractivity contribution in [3.63, 3.8) is 0 Å². The first kappa shape index (κ1) is 13.3. The van der Waals surface area contributed by atoms with Gasteiger partial charge in [0.05, 0.1) is 16.7 Å². The highest BCUT2D eigenvalue weighted by atomic mass is 16.4. The Morgan fingerprint density at radius 1 is 1.32 bits per heavy atom. The van der Waals surface area contributed by atoms with E-state index in [0.717, 1.165) is 0 Å². The lowest BCUT2D eigenvalue weighted by Gasteiger charge is -2.18. The Kier molecular flexibility index (Phi) is 3.40. The number of nitrogens with zero attached hydrogens (tertiary/aromatic N) is 1. The lowest BCUT2D eigenvalue weighted by atomic mass is 10.1. The smallest absolute Gasteiger partial charge is 0.336 e. The van der Waals surface area contributed by atoms with Crippen molar-refractivity contribution >= 4 is 22.7 Å². The van der Waals surface area contributed by atoms with Crippen LogP contribution in [0.5, 0.6) is 0 Å². The monoisotopic (exact) mass is 260 g/mol. The maximum atomic E-state index is 11.1. The van der Waals surface area contributed by atoms with Crippen molar-refractivity contribution in [2.45, 2.75) is 19.4 Å². The number of aromatic carboxylic acids is 1. The molecule has 0 amide bonds. The van der Waals surface area contributed by atoms with Gasteiger partial charge in [0.15, 0.2) is 0 Å². The number of carbonyl (C=O) groups is 1. The second-order valence-electron chi connectivity index (χ2n) is 5.04. The Bertz CT molecular complexity index is 618. The lowest BCUT2D eigenvalue weighted by molar-refractivity contribution is 0.0699. The molecule has 19 heavy (non-hydrogen) atoms. The minimum Gasteiger partial charge on any atom is -0.478 e. The van der Waals surface area contributed by atoms with Crippen LogP contribution in [0.4, 0.5) is 5.82 Å². The van der Waals surface area contributed by atoms with E-state index in [2.05, 4.69) is 10.3 Å². The van der Waals surface area contributed by atoms with Gasteiger partial charge in [0.2, 0.25) is 0 Å². The molecular weight excluding hydrogens is 244 g/mol. The number of carboxylic acid groups (broad SMARTS) is 1. The number of anilines is 1. The number of nitrogens with one attached hydrogen (secondary N) is 1. The van der Waals surface area contributed by atoms with Crippen molar-refractivity contribution in [2.24, 2.45) is 0 Å². The van der Waals surface area contributed by atoms with Gasteiger partial charge in [0.25, 0.3) is 0 Å². The average Bonchev–Trinajstić information content (AvgIpc) is 2.34. The number of hydrogen-bond donors (Lipinski definition) is 3. The van der Waals surface area contributed by atoms with E-state index < -0.39 is 11.6 Å². The fourth-order valence-electron chi connectivity index (χ4n) is 1.75. The highest BCUT2D eigenvalue weighted by Crippen LogP contribution is 2.19. The molecule has 3 N–H and O–H groups in total. The first-order valence-corrected chi connectivity index (χ1v) is 5.96. The molecule has 0 radical (unpaired) electrons. The van der Waals surface area contributed by atoms with Crippen LogP contribution < -0.4 is 5.32 Å². The zero-order valence-electron chi connectivity index (χ0n) is 10.8. The highest BCUT2D eigenvalue weighted by molar-refractivity contribution is 6.02. The first-order chi connectivity index (χ1) is 8.87. The van der Waals surface area contributed by atoms with Crippen molar-refractivity contribution in [2.75, 3.05) is 11.9 Å².